The lowest BCUT2D eigenvalue weighted by molar-refractivity contribution is 0.0680. The summed E-state index contributed by atoms with van der Waals surface area (Å²) in [4.78, 5) is 0. The summed E-state index contributed by atoms with van der Waals surface area (Å²) >= 11 is 0. The SMILES string of the molecule is [2H]C([2H])([2H])C(O)(CCCCCC)C([2H])([2H])[2H]. The maximum absolute atomic E-state index is 9.86. The average molecular weight is 150 g/mol. The highest BCUT2D eigenvalue weighted by atomic mass is 16.3. The Kier molecular flexibility index (Phi) is 1.69. The standard InChI is InChI=1S/C9H20O/c1-4-5-6-7-8-9(2,3)10/h10H,4-8H2,1-3H3/i2D3,3D3. The maximum atomic E-state index is 9.86. The Labute approximate surface area is 72.9 Å². The van der Waals surface area contributed by atoms with Crippen LogP contribution < -0.4 is 0 Å². The van der Waals surface area contributed by atoms with Gasteiger partial charge in [0.15, 0.2) is 0 Å². The molecular formula is C9H20O. The molecule has 0 rings (SSSR count). The minimum Gasteiger partial charge on any atom is -0.390 e. The van der Waals surface area contributed by atoms with E-state index in [4.69, 9.17) is 8.22 Å². The van der Waals surface area contributed by atoms with Gasteiger partial charge in [-0.1, -0.05) is 32.6 Å². The summed E-state index contributed by atoms with van der Waals surface area (Å²) in [5.41, 5.74) is -2.58. The molecule has 0 radical (unpaired) electrons. The van der Waals surface area contributed by atoms with Gasteiger partial charge in [0, 0.05) is 8.22 Å². The number of rotatable bonds is 5. The van der Waals surface area contributed by atoms with Gasteiger partial charge in [-0.3, -0.25) is 0 Å². The zero-order valence-corrected chi connectivity index (χ0v) is 6.48. The normalized spacial score (nSPS) is 23.4. The van der Waals surface area contributed by atoms with E-state index in [0.29, 0.717) is 6.42 Å². The van der Waals surface area contributed by atoms with Crippen molar-refractivity contribution in [2.75, 3.05) is 0 Å². The molecule has 1 heteroatoms. The van der Waals surface area contributed by atoms with Crippen molar-refractivity contribution in [2.24, 2.45) is 0 Å². The van der Waals surface area contributed by atoms with Crippen molar-refractivity contribution in [3.8, 4) is 0 Å². The molecule has 0 saturated carbocycles. The predicted octanol–water partition coefficient (Wildman–Crippen LogP) is 2.73. The molecule has 0 atom stereocenters. The highest BCUT2D eigenvalue weighted by Gasteiger charge is 2.10. The topological polar surface area (TPSA) is 20.2 Å². The molecule has 0 amide bonds. The van der Waals surface area contributed by atoms with Crippen LogP contribution >= 0.6 is 0 Å². The molecule has 0 aliphatic rings. The molecular weight excluding hydrogens is 124 g/mol. The van der Waals surface area contributed by atoms with Crippen molar-refractivity contribution in [1.82, 2.24) is 0 Å². The Morgan fingerprint density at radius 2 is 2.00 bits per heavy atom. The summed E-state index contributed by atoms with van der Waals surface area (Å²) in [6, 6.07) is 0. The first-order valence-electron chi connectivity index (χ1n) is 6.78. The maximum Gasteiger partial charge on any atom is 0.0591 e. The molecule has 62 valence electrons. The fraction of sp³-hybridized carbons (Fsp3) is 1.00. The zero-order chi connectivity index (χ0) is 13.0. The summed E-state index contributed by atoms with van der Waals surface area (Å²) in [5, 5.41) is 9.86. The Morgan fingerprint density at radius 1 is 1.30 bits per heavy atom. The molecule has 0 unspecified atom stereocenters. The van der Waals surface area contributed by atoms with Gasteiger partial charge in [-0.05, 0) is 20.1 Å². The van der Waals surface area contributed by atoms with Crippen LogP contribution in [0.25, 0.3) is 0 Å². The van der Waals surface area contributed by atoms with Gasteiger partial charge in [0.2, 0.25) is 0 Å². The largest absolute Gasteiger partial charge is 0.390 e. The van der Waals surface area contributed by atoms with Gasteiger partial charge in [-0.25, -0.2) is 0 Å². The van der Waals surface area contributed by atoms with Crippen LogP contribution in [0, 0.1) is 0 Å². The van der Waals surface area contributed by atoms with E-state index in [1.165, 1.54) is 0 Å². The highest BCUT2D eigenvalue weighted by Crippen LogP contribution is 2.13. The van der Waals surface area contributed by atoms with E-state index in [1.54, 1.807) is 0 Å². The highest BCUT2D eigenvalue weighted by molar-refractivity contribution is 4.63. The first-order chi connectivity index (χ1) is 7.06. The Morgan fingerprint density at radius 3 is 2.50 bits per heavy atom. The van der Waals surface area contributed by atoms with Gasteiger partial charge in [0.1, 0.15) is 0 Å². The second-order valence-corrected chi connectivity index (χ2v) is 2.67. The van der Waals surface area contributed by atoms with E-state index in [0.717, 1.165) is 19.3 Å². The molecule has 10 heavy (non-hydrogen) atoms. The molecule has 1 N–H and O–H groups in total. The van der Waals surface area contributed by atoms with E-state index in [9.17, 15) is 5.11 Å². The lowest BCUT2D eigenvalue weighted by atomic mass is 10.0. The van der Waals surface area contributed by atoms with E-state index in [1.807, 2.05) is 6.92 Å². The lowest BCUT2D eigenvalue weighted by Crippen LogP contribution is -2.17. The molecule has 0 saturated heterocycles. The van der Waals surface area contributed by atoms with Crippen LogP contribution in [0.3, 0.4) is 0 Å². The molecule has 0 aromatic rings. The summed E-state index contributed by atoms with van der Waals surface area (Å²) in [5.74, 6) is 0. The zero-order valence-electron chi connectivity index (χ0n) is 12.5. The number of hydrogen-bond donors (Lipinski definition) is 1. The molecule has 0 aliphatic carbocycles. The fourth-order valence-electron chi connectivity index (χ4n) is 0.808. The van der Waals surface area contributed by atoms with E-state index >= 15 is 0 Å². The summed E-state index contributed by atoms with van der Waals surface area (Å²) in [7, 11) is 0. The van der Waals surface area contributed by atoms with Crippen molar-refractivity contribution < 1.29 is 13.3 Å². The molecule has 1 nitrogen and oxygen atoms in total. The quantitative estimate of drug-likeness (QED) is 0.597. The Bertz CT molecular complexity index is 193. The van der Waals surface area contributed by atoms with Crippen LogP contribution in [0.5, 0.6) is 0 Å². The van der Waals surface area contributed by atoms with E-state index in [-0.39, 0.29) is 6.42 Å². The van der Waals surface area contributed by atoms with Crippen LogP contribution in [-0.4, -0.2) is 10.7 Å². The van der Waals surface area contributed by atoms with Crippen LogP contribution in [0.4, 0.5) is 0 Å². The van der Waals surface area contributed by atoms with Gasteiger partial charge in [-0.2, -0.15) is 0 Å². The van der Waals surface area contributed by atoms with Gasteiger partial charge in [0.25, 0.3) is 0 Å². The van der Waals surface area contributed by atoms with Gasteiger partial charge in [0.05, 0.1) is 5.60 Å². The average Bonchev–Trinajstić information content (AvgIpc) is 2.08. The van der Waals surface area contributed by atoms with Crippen LogP contribution in [-0.2, 0) is 0 Å². The molecule has 0 spiro atoms. The van der Waals surface area contributed by atoms with Crippen LogP contribution in [0.2, 0.25) is 0 Å². The summed E-state index contributed by atoms with van der Waals surface area (Å²) < 4.78 is 42.9. The third-order valence-electron chi connectivity index (χ3n) is 1.39. The molecule has 0 aromatic heterocycles. The Balaban J connectivity index is 4.59. The summed E-state index contributed by atoms with van der Waals surface area (Å²) in [6.07, 6.45) is 2.84. The number of hydrogen-bond acceptors (Lipinski definition) is 1. The second kappa shape index (κ2) is 4.73. The second-order valence-electron chi connectivity index (χ2n) is 2.67. The number of unbranched alkanes of at least 4 members (excludes halogenated alkanes) is 3. The third kappa shape index (κ3) is 7.96. The first-order valence-corrected chi connectivity index (χ1v) is 3.78. The van der Waals surface area contributed by atoms with E-state index < -0.39 is 19.3 Å². The fourth-order valence-corrected chi connectivity index (χ4v) is 0.808. The summed E-state index contributed by atoms with van der Waals surface area (Å²) in [6.45, 7) is -3.74. The smallest absolute Gasteiger partial charge is 0.0591 e. The monoisotopic (exact) mass is 150 g/mol. The van der Waals surface area contributed by atoms with Crippen molar-refractivity contribution in [2.45, 2.75) is 58.3 Å². The first kappa shape index (κ1) is 3.57. The van der Waals surface area contributed by atoms with Gasteiger partial charge < -0.3 is 5.11 Å². The third-order valence-corrected chi connectivity index (χ3v) is 1.39. The lowest BCUT2D eigenvalue weighted by Gasteiger charge is -2.15. The predicted molar refractivity (Wildman–Crippen MR) is 45.1 cm³/mol. The van der Waals surface area contributed by atoms with Crippen molar-refractivity contribution in [3.05, 3.63) is 0 Å². The van der Waals surface area contributed by atoms with Crippen molar-refractivity contribution in [1.29, 1.82) is 0 Å². The number of aliphatic hydroxyl groups is 1. The molecule has 0 aliphatic heterocycles. The van der Waals surface area contributed by atoms with Crippen molar-refractivity contribution >= 4 is 0 Å². The molecule has 0 aromatic carbocycles. The Hall–Kier alpha value is -0.0400. The minimum absolute atomic E-state index is 0.208. The van der Waals surface area contributed by atoms with Gasteiger partial charge in [-0.15, -0.1) is 0 Å². The van der Waals surface area contributed by atoms with Crippen LogP contribution in [0.15, 0.2) is 0 Å². The van der Waals surface area contributed by atoms with Crippen LogP contribution in [0.1, 0.15) is 61.0 Å². The molecule has 0 bridgehead atoms. The van der Waals surface area contributed by atoms with Gasteiger partial charge >= 0.3 is 0 Å². The molecule has 0 fully saturated rings. The molecule has 0 heterocycles. The van der Waals surface area contributed by atoms with E-state index in [2.05, 4.69) is 0 Å². The van der Waals surface area contributed by atoms with Crippen molar-refractivity contribution in [3.63, 3.8) is 0 Å². The minimum atomic E-state index is -2.87.